The minimum absolute atomic E-state index is 0.0375. The number of carbonyl (C=O) groups excluding carboxylic acids is 3. The van der Waals surface area contributed by atoms with E-state index in [-0.39, 0.29) is 18.4 Å². The van der Waals surface area contributed by atoms with Gasteiger partial charge >= 0.3 is 6.03 Å². The van der Waals surface area contributed by atoms with Crippen LogP contribution in [0.15, 0.2) is 48.8 Å². The van der Waals surface area contributed by atoms with Gasteiger partial charge in [0.25, 0.3) is 5.91 Å². The van der Waals surface area contributed by atoms with Crippen molar-refractivity contribution in [1.82, 2.24) is 25.2 Å². The van der Waals surface area contributed by atoms with E-state index >= 15 is 0 Å². The number of aromatic nitrogens is 2. The Bertz CT molecular complexity index is 1360. The van der Waals surface area contributed by atoms with Crippen LogP contribution >= 0.6 is 11.6 Å². The summed E-state index contributed by atoms with van der Waals surface area (Å²) in [6.07, 6.45) is 6.19. The molecule has 3 N–H and O–H groups in total. The number of amides is 4. The summed E-state index contributed by atoms with van der Waals surface area (Å²) in [7, 11) is 0. The summed E-state index contributed by atoms with van der Waals surface area (Å²) in [5.41, 5.74) is 10.9. The van der Waals surface area contributed by atoms with E-state index in [1.165, 1.54) is 5.01 Å². The van der Waals surface area contributed by atoms with Gasteiger partial charge in [-0.15, -0.1) is 0 Å². The van der Waals surface area contributed by atoms with Gasteiger partial charge in [-0.05, 0) is 43.2 Å². The van der Waals surface area contributed by atoms with Crippen molar-refractivity contribution in [3.05, 3.63) is 53.8 Å². The fourth-order valence-corrected chi connectivity index (χ4v) is 5.15. The lowest BCUT2D eigenvalue weighted by atomic mass is 10.1. The number of piperazine rings is 1. The Morgan fingerprint density at radius 1 is 1.00 bits per heavy atom. The first kappa shape index (κ1) is 26.5. The summed E-state index contributed by atoms with van der Waals surface area (Å²) < 4.78 is 0. The molecule has 0 spiro atoms. The second-order valence-electron chi connectivity index (χ2n) is 9.68. The topological polar surface area (TPSA) is 128 Å². The smallest absolute Gasteiger partial charge is 0.336 e. The second kappa shape index (κ2) is 11.7. The Labute approximate surface area is 231 Å². The fourth-order valence-electron chi connectivity index (χ4n) is 4.99. The molecule has 39 heavy (non-hydrogen) atoms. The molecule has 4 amide bonds. The first-order chi connectivity index (χ1) is 18.9. The van der Waals surface area contributed by atoms with Crippen LogP contribution in [0.4, 0.5) is 22.0 Å². The van der Waals surface area contributed by atoms with Gasteiger partial charge in [0.1, 0.15) is 12.4 Å². The molecule has 1 aromatic carbocycles. The van der Waals surface area contributed by atoms with Crippen LogP contribution in [-0.2, 0) is 9.59 Å². The molecule has 0 saturated carbocycles. The molecule has 3 aromatic rings. The number of benzene rings is 1. The van der Waals surface area contributed by atoms with E-state index < -0.39 is 6.03 Å². The summed E-state index contributed by atoms with van der Waals surface area (Å²) in [6.45, 7) is 2.44. The molecular weight excluding hydrogens is 520 g/mol. The predicted octanol–water partition coefficient (Wildman–Crippen LogP) is 3.05. The number of nitrogens with one attached hydrogen (secondary N) is 1. The van der Waals surface area contributed by atoms with Gasteiger partial charge in [-0.1, -0.05) is 18.0 Å². The van der Waals surface area contributed by atoms with Crippen LogP contribution in [0.5, 0.6) is 0 Å². The van der Waals surface area contributed by atoms with E-state index in [1.54, 1.807) is 40.4 Å². The maximum atomic E-state index is 13.3. The number of halogens is 1. The standard InChI is InChI=1S/C27H31ClN8O3/c28-19-5-6-21-22(16-19)31-24(29)17-23(21)33-12-14-34(15-13-33)27(39)32-36(20-7-9-30-10-8-20)26(38)18-35-11-3-1-2-4-25(35)37/h5-10,16-17H,1-4,11-15,18H2,(H2,29,31)(H,32,39). The highest BCUT2D eigenvalue weighted by molar-refractivity contribution is 6.31. The highest BCUT2D eigenvalue weighted by atomic mass is 35.5. The van der Waals surface area contributed by atoms with Crippen molar-refractivity contribution in [2.45, 2.75) is 25.7 Å². The first-order valence-corrected chi connectivity index (χ1v) is 13.4. The Kier molecular flexibility index (Phi) is 7.97. The second-order valence-corrected chi connectivity index (χ2v) is 10.1. The first-order valence-electron chi connectivity index (χ1n) is 13.1. The Balaban J connectivity index is 1.27. The van der Waals surface area contributed by atoms with Gasteiger partial charge in [0.2, 0.25) is 5.91 Å². The average molecular weight is 551 g/mol. The number of likely N-dealkylation sites (tertiary alicyclic amines) is 1. The highest BCUT2D eigenvalue weighted by Gasteiger charge is 2.28. The molecule has 0 unspecified atom stereocenters. The summed E-state index contributed by atoms with van der Waals surface area (Å²) >= 11 is 6.14. The predicted molar refractivity (Wildman–Crippen MR) is 150 cm³/mol. The van der Waals surface area contributed by atoms with E-state index in [1.807, 2.05) is 18.2 Å². The number of nitrogens with zero attached hydrogens (tertiary/aromatic N) is 6. The molecule has 12 heteroatoms. The van der Waals surface area contributed by atoms with Crippen molar-refractivity contribution in [1.29, 1.82) is 0 Å². The number of fused-ring (bicyclic) bond motifs is 1. The SMILES string of the molecule is Nc1cc(N2CCN(C(=O)NN(C(=O)CN3CCCCCC3=O)c3ccncc3)CC2)c2ccc(Cl)cc2n1. The number of nitrogens with two attached hydrogens (primary N) is 1. The minimum Gasteiger partial charge on any atom is -0.384 e. The van der Waals surface area contributed by atoms with Crippen molar-refractivity contribution in [3.8, 4) is 0 Å². The van der Waals surface area contributed by atoms with Crippen LogP contribution in [0.25, 0.3) is 10.9 Å². The van der Waals surface area contributed by atoms with Gasteiger partial charge < -0.3 is 20.4 Å². The lowest BCUT2D eigenvalue weighted by Gasteiger charge is -2.37. The van der Waals surface area contributed by atoms with Crippen molar-refractivity contribution < 1.29 is 14.4 Å². The molecule has 2 aliphatic rings. The van der Waals surface area contributed by atoms with E-state index in [4.69, 9.17) is 17.3 Å². The number of pyridine rings is 2. The number of hydrogen-bond donors (Lipinski definition) is 2. The maximum Gasteiger partial charge on any atom is 0.336 e. The summed E-state index contributed by atoms with van der Waals surface area (Å²) in [5, 5.41) is 2.74. The maximum absolute atomic E-state index is 13.3. The molecule has 0 aliphatic carbocycles. The number of rotatable bonds is 4. The molecular formula is C27H31ClN8O3. The van der Waals surface area contributed by atoms with Crippen LogP contribution in [-0.4, -0.2) is 76.9 Å². The van der Waals surface area contributed by atoms with Gasteiger partial charge in [-0.3, -0.25) is 14.6 Å². The van der Waals surface area contributed by atoms with Crippen molar-refractivity contribution in [3.63, 3.8) is 0 Å². The molecule has 2 saturated heterocycles. The molecule has 204 valence electrons. The van der Waals surface area contributed by atoms with Crippen molar-refractivity contribution in [2.75, 3.05) is 54.9 Å². The van der Waals surface area contributed by atoms with Crippen LogP contribution < -0.4 is 21.1 Å². The van der Waals surface area contributed by atoms with Gasteiger partial charge in [0, 0.05) is 73.7 Å². The average Bonchev–Trinajstić information content (AvgIpc) is 3.15. The number of hydrazine groups is 1. The van der Waals surface area contributed by atoms with E-state index in [9.17, 15) is 14.4 Å². The van der Waals surface area contributed by atoms with Crippen LogP contribution in [0.1, 0.15) is 25.7 Å². The van der Waals surface area contributed by atoms with E-state index in [0.717, 1.165) is 30.3 Å². The minimum atomic E-state index is -0.395. The third-order valence-corrected chi connectivity index (χ3v) is 7.29. The zero-order valence-corrected chi connectivity index (χ0v) is 22.3. The Hall–Kier alpha value is -4.12. The quantitative estimate of drug-likeness (QED) is 0.478. The van der Waals surface area contributed by atoms with E-state index in [0.29, 0.717) is 61.2 Å². The molecule has 0 radical (unpaired) electrons. The molecule has 4 heterocycles. The summed E-state index contributed by atoms with van der Waals surface area (Å²) in [6, 6.07) is 10.2. The highest BCUT2D eigenvalue weighted by Crippen LogP contribution is 2.30. The van der Waals surface area contributed by atoms with Gasteiger partial charge in [0.05, 0.1) is 11.2 Å². The number of nitrogen functional groups attached to an aromatic ring is 1. The molecule has 5 rings (SSSR count). The lowest BCUT2D eigenvalue weighted by molar-refractivity contribution is -0.134. The zero-order valence-electron chi connectivity index (χ0n) is 21.6. The number of hydrogen-bond acceptors (Lipinski definition) is 7. The number of anilines is 3. The number of carbonyl (C=O) groups is 3. The largest absolute Gasteiger partial charge is 0.384 e. The third-order valence-electron chi connectivity index (χ3n) is 7.05. The Morgan fingerprint density at radius 2 is 1.77 bits per heavy atom. The van der Waals surface area contributed by atoms with Crippen molar-refractivity contribution in [2.24, 2.45) is 0 Å². The summed E-state index contributed by atoms with van der Waals surface area (Å²) in [4.78, 5) is 52.9. The van der Waals surface area contributed by atoms with Crippen molar-refractivity contribution >= 4 is 57.5 Å². The van der Waals surface area contributed by atoms with Crippen LogP contribution in [0.3, 0.4) is 0 Å². The van der Waals surface area contributed by atoms with Gasteiger partial charge in [-0.2, -0.15) is 0 Å². The third kappa shape index (κ3) is 6.14. The molecule has 2 aliphatic heterocycles. The normalized spacial score (nSPS) is 16.2. The lowest BCUT2D eigenvalue weighted by Crippen LogP contribution is -2.58. The van der Waals surface area contributed by atoms with Crippen LogP contribution in [0.2, 0.25) is 5.02 Å². The van der Waals surface area contributed by atoms with Gasteiger partial charge in [-0.25, -0.2) is 20.2 Å². The molecule has 2 fully saturated rings. The van der Waals surface area contributed by atoms with Crippen LogP contribution in [0, 0.1) is 0 Å². The Morgan fingerprint density at radius 3 is 2.54 bits per heavy atom. The number of urea groups is 1. The fraction of sp³-hybridized carbons (Fsp3) is 0.370. The zero-order chi connectivity index (χ0) is 27.4. The van der Waals surface area contributed by atoms with Gasteiger partial charge in [0.15, 0.2) is 0 Å². The summed E-state index contributed by atoms with van der Waals surface area (Å²) in [5.74, 6) is -0.0281. The van der Waals surface area contributed by atoms with E-state index in [2.05, 4.69) is 20.3 Å². The molecule has 0 atom stereocenters. The molecule has 0 bridgehead atoms. The molecule has 11 nitrogen and oxygen atoms in total. The molecule has 2 aromatic heterocycles. The monoisotopic (exact) mass is 550 g/mol.